The molecule has 4 rings (SSSR count). The van der Waals surface area contributed by atoms with Crippen LogP contribution in [0.5, 0.6) is 0 Å². The van der Waals surface area contributed by atoms with Gasteiger partial charge in [0.15, 0.2) is 17.4 Å². The van der Waals surface area contributed by atoms with Crippen LogP contribution in [0.1, 0.15) is 22.3 Å². The Kier molecular flexibility index (Phi) is 5.89. The molecule has 0 aliphatic carbocycles. The number of carbonyl (C=O) groups excluding carboxylic acids is 1. The maximum absolute atomic E-state index is 13.6. The molecule has 7 heteroatoms. The van der Waals surface area contributed by atoms with Crippen molar-refractivity contribution in [1.29, 1.82) is 0 Å². The van der Waals surface area contributed by atoms with Gasteiger partial charge in [-0.3, -0.25) is 9.69 Å². The van der Waals surface area contributed by atoms with Gasteiger partial charge in [0.25, 0.3) is 5.91 Å². The number of rotatable bonds is 3. The smallest absolute Gasteiger partial charge is 0.254 e. The van der Waals surface area contributed by atoms with Gasteiger partial charge in [-0.05, 0) is 30.2 Å². The molecule has 0 saturated carbocycles. The van der Waals surface area contributed by atoms with Crippen molar-refractivity contribution < 1.29 is 23.0 Å². The number of ether oxygens (including phenoxy) is 2. The van der Waals surface area contributed by atoms with Gasteiger partial charge in [0.1, 0.15) is 0 Å². The van der Waals surface area contributed by atoms with Crippen LogP contribution in [0.2, 0.25) is 0 Å². The van der Waals surface area contributed by atoms with Crippen LogP contribution in [-0.4, -0.2) is 60.9 Å². The minimum absolute atomic E-state index is 0.121. The number of carbonyl (C=O) groups is 1. The van der Waals surface area contributed by atoms with Crippen LogP contribution in [0.3, 0.4) is 0 Å². The number of halogens is 2. The number of benzene rings is 2. The van der Waals surface area contributed by atoms with Crippen molar-refractivity contribution in [3.63, 3.8) is 0 Å². The van der Waals surface area contributed by atoms with Crippen molar-refractivity contribution in [3.05, 3.63) is 71.3 Å². The molecule has 1 spiro atoms. The zero-order chi connectivity index (χ0) is 20.3. The summed E-state index contributed by atoms with van der Waals surface area (Å²) in [7, 11) is 0. The maximum Gasteiger partial charge on any atom is 0.254 e. The molecule has 1 unspecified atom stereocenters. The normalized spacial score (nSPS) is 23.2. The molecule has 0 aromatic heterocycles. The Morgan fingerprint density at radius 3 is 2.55 bits per heavy atom. The zero-order valence-electron chi connectivity index (χ0n) is 16.2. The molecule has 0 N–H and O–H groups in total. The third-order valence-electron chi connectivity index (χ3n) is 5.31. The number of morpholine rings is 1. The lowest BCUT2D eigenvalue weighted by molar-refractivity contribution is -0.261. The third-order valence-corrected chi connectivity index (χ3v) is 5.31. The van der Waals surface area contributed by atoms with Crippen LogP contribution < -0.4 is 0 Å². The van der Waals surface area contributed by atoms with E-state index in [2.05, 4.69) is 17.0 Å². The first-order valence-corrected chi connectivity index (χ1v) is 9.83. The van der Waals surface area contributed by atoms with E-state index >= 15 is 0 Å². The molecule has 0 bridgehead atoms. The van der Waals surface area contributed by atoms with Gasteiger partial charge in [-0.25, -0.2) is 8.78 Å². The van der Waals surface area contributed by atoms with E-state index in [0.717, 1.165) is 31.6 Å². The lowest BCUT2D eigenvalue weighted by Crippen LogP contribution is -2.59. The molecule has 2 aliphatic rings. The van der Waals surface area contributed by atoms with Crippen LogP contribution in [0.25, 0.3) is 0 Å². The molecule has 0 radical (unpaired) electrons. The predicted molar refractivity (Wildman–Crippen MR) is 103 cm³/mol. The molecular formula is C22H24F2N2O3. The Morgan fingerprint density at radius 1 is 0.966 bits per heavy atom. The molecule has 2 aliphatic heterocycles. The molecule has 1 amide bonds. The SMILES string of the molecule is O=C(c1ccc(F)c(F)c1)N1CCOC2(CN(Cc3ccccc3)CCCO2)C1. The van der Waals surface area contributed by atoms with E-state index in [0.29, 0.717) is 26.3 Å². The number of nitrogens with zero attached hydrogens (tertiary/aromatic N) is 2. The summed E-state index contributed by atoms with van der Waals surface area (Å²) in [6.45, 7) is 3.66. The number of amides is 1. The standard InChI is InChI=1S/C22H24F2N2O3/c23-19-8-7-18(13-20(19)24)21(27)26-10-12-29-22(16-26)15-25(9-4-11-28-22)14-17-5-2-1-3-6-17/h1-3,5-8,13H,4,9-12,14-16H2. The van der Waals surface area contributed by atoms with Gasteiger partial charge in [-0.2, -0.15) is 0 Å². The van der Waals surface area contributed by atoms with Gasteiger partial charge in [-0.15, -0.1) is 0 Å². The summed E-state index contributed by atoms with van der Waals surface area (Å²) >= 11 is 0. The quantitative estimate of drug-likeness (QED) is 0.792. The van der Waals surface area contributed by atoms with Gasteiger partial charge in [0.05, 0.1) is 26.3 Å². The Labute approximate surface area is 168 Å². The highest BCUT2D eigenvalue weighted by atomic mass is 19.2. The lowest BCUT2D eigenvalue weighted by Gasteiger charge is -2.43. The molecular weight excluding hydrogens is 378 g/mol. The summed E-state index contributed by atoms with van der Waals surface area (Å²) in [4.78, 5) is 16.7. The third kappa shape index (κ3) is 4.63. The molecule has 2 heterocycles. The van der Waals surface area contributed by atoms with Crippen molar-refractivity contribution >= 4 is 5.91 Å². The fourth-order valence-electron chi connectivity index (χ4n) is 3.91. The van der Waals surface area contributed by atoms with E-state index in [1.54, 1.807) is 4.90 Å². The van der Waals surface area contributed by atoms with Crippen molar-refractivity contribution in [1.82, 2.24) is 9.80 Å². The molecule has 2 aromatic rings. The van der Waals surface area contributed by atoms with Gasteiger partial charge in [0.2, 0.25) is 0 Å². The summed E-state index contributed by atoms with van der Waals surface area (Å²) in [6.07, 6.45) is 0.870. The second-order valence-corrected chi connectivity index (χ2v) is 7.51. The van der Waals surface area contributed by atoms with Gasteiger partial charge in [0, 0.05) is 25.2 Å². The molecule has 29 heavy (non-hydrogen) atoms. The molecule has 2 saturated heterocycles. The van der Waals surface area contributed by atoms with E-state index in [-0.39, 0.29) is 18.0 Å². The fourth-order valence-corrected chi connectivity index (χ4v) is 3.91. The van der Waals surface area contributed by atoms with Crippen LogP contribution >= 0.6 is 0 Å². The first-order valence-electron chi connectivity index (χ1n) is 9.83. The minimum atomic E-state index is -1.03. The van der Waals surface area contributed by atoms with Crippen molar-refractivity contribution in [2.24, 2.45) is 0 Å². The Balaban J connectivity index is 1.48. The first-order chi connectivity index (χ1) is 14.0. The van der Waals surface area contributed by atoms with Crippen LogP contribution in [-0.2, 0) is 16.0 Å². The molecule has 1 atom stereocenters. The van der Waals surface area contributed by atoms with Gasteiger partial charge < -0.3 is 14.4 Å². The second-order valence-electron chi connectivity index (χ2n) is 7.51. The van der Waals surface area contributed by atoms with E-state index < -0.39 is 17.4 Å². The zero-order valence-corrected chi connectivity index (χ0v) is 16.2. The average Bonchev–Trinajstić information content (AvgIpc) is 2.92. The van der Waals surface area contributed by atoms with Crippen molar-refractivity contribution in [2.75, 3.05) is 39.4 Å². The summed E-state index contributed by atoms with van der Waals surface area (Å²) in [6, 6.07) is 13.4. The Hall–Kier alpha value is -2.35. The molecule has 154 valence electrons. The topological polar surface area (TPSA) is 42.0 Å². The van der Waals surface area contributed by atoms with Gasteiger partial charge in [-0.1, -0.05) is 30.3 Å². The highest BCUT2D eigenvalue weighted by Gasteiger charge is 2.42. The predicted octanol–water partition coefficient (Wildman–Crippen LogP) is 3.06. The Bertz CT molecular complexity index is 864. The van der Waals surface area contributed by atoms with E-state index in [9.17, 15) is 13.6 Å². The van der Waals surface area contributed by atoms with E-state index in [1.807, 2.05) is 18.2 Å². The Morgan fingerprint density at radius 2 is 1.76 bits per heavy atom. The summed E-state index contributed by atoms with van der Waals surface area (Å²) in [5, 5.41) is 0. The average molecular weight is 402 g/mol. The molecule has 2 aromatic carbocycles. The second kappa shape index (κ2) is 8.57. The number of hydrogen-bond donors (Lipinski definition) is 0. The maximum atomic E-state index is 13.6. The largest absolute Gasteiger partial charge is 0.347 e. The molecule has 2 fully saturated rings. The highest BCUT2D eigenvalue weighted by molar-refractivity contribution is 5.94. The monoisotopic (exact) mass is 402 g/mol. The van der Waals surface area contributed by atoms with Crippen LogP contribution in [0, 0.1) is 11.6 Å². The summed E-state index contributed by atoms with van der Waals surface area (Å²) in [5.41, 5.74) is 1.32. The number of hydrogen-bond acceptors (Lipinski definition) is 4. The van der Waals surface area contributed by atoms with E-state index in [4.69, 9.17) is 9.47 Å². The van der Waals surface area contributed by atoms with Crippen LogP contribution in [0.15, 0.2) is 48.5 Å². The van der Waals surface area contributed by atoms with Crippen molar-refractivity contribution in [3.8, 4) is 0 Å². The lowest BCUT2D eigenvalue weighted by atomic mass is 10.1. The minimum Gasteiger partial charge on any atom is -0.347 e. The highest BCUT2D eigenvalue weighted by Crippen LogP contribution is 2.26. The molecule has 5 nitrogen and oxygen atoms in total. The fraction of sp³-hybridized carbons (Fsp3) is 0.409. The van der Waals surface area contributed by atoms with Crippen LogP contribution in [0.4, 0.5) is 8.78 Å². The van der Waals surface area contributed by atoms with Crippen molar-refractivity contribution in [2.45, 2.75) is 18.8 Å². The summed E-state index contributed by atoms with van der Waals surface area (Å²) in [5.74, 6) is -3.27. The first kappa shape index (κ1) is 19.9. The van der Waals surface area contributed by atoms with E-state index in [1.165, 1.54) is 11.6 Å². The van der Waals surface area contributed by atoms with Gasteiger partial charge >= 0.3 is 0 Å². The summed E-state index contributed by atoms with van der Waals surface area (Å²) < 4.78 is 38.9.